The number of hydrogen-bond donors (Lipinski definition) is 1. The van der Waals surface area contributed by atoms with Crippen LogP contribution < -0.4 is 0 Å². The molecule has 0 saturated heterocycles. The summed E-state index contributed by atoms with van der Waals surface area (Å²) >= 11 is 1.04. The minimum absolute atomic E-state index is 0.101. The molecule has 1 heterocycles. The molecule has 18 heavy (non-hydrogen) atoms. The summed E-state index contributed by atoms with van der Waals surface area (Å²) in [6.45, 7) is 0.863. The molecule has 1 aromatic heterocycles. The Balaban J connectivity index is 2.10. The molecule has 94 valence electrons. The average Bonchev–Trinajstić information content (AvgIpc) is 3.01. The zero-order chi connectivity index (χ0) is 13.1. The van der Waals surface area contributed by atoms with Crippen molar-refractivity contribution in [2.75, 3.05) is 13.1 Å². The van der Waals surface area contributed by atoms with Crippen LogP contribution in [-0.2, 0) is 0 Å². The molecule has 6 heteroatoms. The van der Waals surface area contributed by atoms with Gasteiger partial charge in [0.2, 0.25) is 0 Å². The van der Waals surface area contributed by atoms with Gasteiger partial charge in [-0.3, -0.25) is 4.79 Å². The maximum absolute atomic E-state index is 12.1. The highest BCUT2D eigenvalue weighted by Gasteiger charge is 2.28. The van der Waals surface area contributed by atoms with E-state index in [1.165, 1.54) is 5.38 Å². The first kappa shape index (κ1) is 12.6. The predicted octanol–water partition coefficient (Wildman–Crippen LogP) is 1.33. The number of thiazole rings is 1. The molecule has 1 saturated carbocycles. The largest absolute Gasteiger partial charge is 0.476 e. The molecule has 1 aliphatic carbocycles. The SMILES string of the molecule is C#CCN(CC1CC1)C(=O)c1nc(C(=O)O)cs1. The van der Waals surface area contributed by atoms with Gasteiger partial charge in [0.05, 0.1) is 6.54 Å². The number of hydrogen-bond acceptors (Lipinski definition) is 4. The van der Waals surface area contributed by atoms with Crippen LogP contribution in [0.3, 0.4) is 0 Å². The third-order valence-electron chi connectivity index (χ3n) is 2.65. The molecular weight excluding hydrogens is 252 g/mol. The molecule has 0 radical (unpaired) electrons. The lowest BCUT2D eigenvalue weighted by atomic mass is 10.3. The van der Waals surface area contributed by atoms with E-state index in [1.54, 1.807) is 4.90 Å². The van der Waals surface area contributed by atoms with Crippen molar-refractivity contribution in [1.82, 2.24) is 9.88 Å². The maximum Gasteiger partial charge on any atom is 0.355 e. The fourth-order valence-electron chi connectivity index (χ4n) is 1.55. The molecule has 0 bridgehead atoms. The van der Waals surface area contributed by atoms with E-state index in [9.17, 15) is 9.59 Å². The van der Waals surface area contributed by atoms with Gasteiger partial charge in [-0.1, -0.05) is 5.92 Å². The standard InChI is InChI=1S/C12H12N2O3S/c1-2-5-14(6-8-3-4-8)11(15)10-13-9(7-18-10)12(16)17/h1,7-8H,3-6H2,(H,16,17). The number of carbonyl (C=O) groups excluding carboxylic acids is 1. The highest BCUT2D eigenvalue weighted by molar-refractivity contribution is 7.11. The van der Waals surface area contributed by atoms with Gasteiger partial charge in [-0.2, -0.15) is 0 Å². The number of carboxylic acids is 1. The highest BCUT2D eigenvalue weighted by atomic mass is 32.1. The lowest BCUT2D eigenvalue weighted by Crippen LogP contribution is -2.33. The van der Waals surface area contributed by atoms with Crippen molar-refractivity contribution >= 4 is 23.2 Å². The van der Waals surface area contributed by atoms with Crippen molar-refractivity contribution < 1.29 is 14.7 Å². The Morgan fingerprint density at radius 1 is 1.61 bits per heavy atom. The molecule has 5 nitrogen and oxygen atoms in total. The van der Waals surface area contributed by atoms with Crippen LogP contribution in [0.2, 0.25) is 0 Å². The second kappa shape index (κ2) is 5.19. The molecule has 0 aromatic carbocycles. The van der Waals surface area contributed by atoms with E-state index in [1.807, 2.05) is 0 Å². The Morgan fingerprint density at radius 3 is 2.83 bits per heavy atom. The summed E-state index contributed by atoms with van der Waals surface area (Å²) < 4.78 is 0. The summed E-state index contributed by atoms with van der Waals surface area (Å²) in [6, 6.07) is 0. The Bertz CT molecular complexity index is 514. The van der Waals surface area contributed by atoms with Gasteiger partial charge in [0.15, 0.2) is 10.7 Å². The highest BCUT2D eigenvalue weighted by Crippen LogP contribution is 2.30. The first-order valence-corrected chi connectivity index (χ1v) is 6.41. The zero-order valence-electron chi connectivity index (χ0n) is 9.63. The van der Waals surface area contributed by atoms with Crippen molar-refractivity contribution in [1.29, 1.82) is 0 Å². The van der Waals surface area contributed by atoms with Gasteiger partial charge in [0.25, 0.3) is 5.91 Å². The number of aromatic carboxylic acids is 1. The number of aromatic nitrogens is 1. The number of carboxylic acid groups (broad SMARTS) is 1. The first-order chi connectivity index (χ1) is 8.61. The van der Waals surface area contributed by atoms with E-state index >= 15 is 0 Å². The Hall–Kier alpha value is -1.87. The molecular formula is C12H12N2O3S. The molecule has 2 rings (SSSR count). The van der Waals surface area contributed by atoms with E-state index in [4.69, 9.17) is 11.5 Å². The van der Waals surface area contributed by atoms with Crippen molar-refractivity contribution in [2.24, 2.45) is 5.92 Å². The molecule has 0 aliphatic heterocycles. The summed E-state index contributed by atoms with van der Waals surface area (Å²) in [6.07, 6.45) is 7.48. The van der Waals surface area contributed by atoms with Crippen molar-refractivity contribution in [3.8, 4) is 12.3 Å². The van der Waals surface area contributed by atoms with Crippen LogP contribution in [-0.4, -0.2) is 40.0 Å². The van der Waals surface area contributed by atoms with Gasteiger partial charge in [-0.15, -0.1) is 17.8 Å². The van der Waals surface area contributed by atoms with Crippen LogP contribution in [0, 0.1) is 18.3 Å². The monoisotopic (exact) mass is 264 g/mol. The third kappa shape index (κ3) is 2.87. The molecule has 1 aromatic rings. The van der Waals surface area contributed by atoms with Crippen LogP contribution >= 0.6 is 11.3 Å². The molecule has 1 fully saturated rings. The molecule has 1 N–H and O–H groups in total. The summed E-state index contributed by atoms with van der Waals surface area (Å²) in [7, 11) is 0. The number of carbonyl (C=O) groups is 2. The van der Waals surface area contributed by atoms with Gasteiger partial charge in [-0.25, -0.2) is 9.78 Å². The van der Waals surface area contributed by atoms with Gasteiger partial charge >= 0.3 is 5.97 Å². The van der Waals surface area contributed by atoms with Gasteiger partial charge in [0.1, 0.15) is 0 Å². The summed E-state index contributed by atoms with van der Waals surface area (Å²) in [5.41, 5.74) is -0.101. The molecule has 0 atom stereocenters. The minimum atomic E-state index is -1.13. The fraction of sp³-hybridized carbons (Fsp3) is 0.417. The molecule has 0 unspecified atom stereocenters. The average molecular weight is 264 g/mol. The molecule has 1 amide bonds. The van der Waals surface area contributed by atoms with E-state index in [0.717, 1.165) is 24.2 Å². The van der Waals surface area contributed by atoms with E-state index in [-0.39, 0.29) is 23.2 Å². The quantitative estimate of drug-likeness (QED) is 0.814. The van der Waals surface area contributed by atoms with Gasteiger partial charge < -0.3 is 10.0 Å². The maximum atomic E-state index is 12.1. The van der Waals surface area contributed by atoms with Crippen LogP contribution in [0.5, 0.6) is 0 Å². The summed E-state index contributed by atoms with van der Waals surface area (Å²) in [5, 5.41) is 10.3. The topological polar surface area (TPSA) is 70.5 Å². The smallest absolute Gasteiger partial charge is 0.355 e. The second-order valence-corrected chi connectivity index (χ2v) is 5.03. The Kier molecular flexibility index (Phi) is 3.63. The number of terminal acetylenes is 1. The molecule has 0 spiro atoms. The van der Waals surface area contributed by atoms with Crippen LogP contribution in [0.15, 0.2) is 5.38 Å². The number of nitrogens with zero attached hydrogens (tertiary/aromatic N) is 2. The third-order valence-corrected chi connectivity index (χ3v) is 3.48. The van der Waals surface area contributed by atoms with Crippen molar-refractivity contribution in [2.45, 2.75) is 12.8 Å². The lowest BCUT2D eigenvalue weighted by molar-refractivity contribution is 0.0691. The second-order valence-electron chi connectivity index (χ2n) is 4.18. The Morgan fingerprint density at radius 2 is 2.33 bits per heavy atom. The first-order valence-electron chi connectivity index (χ1n) is 5.53. The number of amides is 1. The van der Waals surface area contributed by atoms with Crippen LogP contribution in [0.4, 0.5) is 0 Å². The van der Waals surface area contributed by atoms with E-state index in [0.29, 0.717) is 12.5 Å². The van der Waals surface area contributed by atoms with Crippen LogP contribution in [0.25, 0.3) is 0 Å². The van der Waals surface area contributed by atoms with Gasteiger partial charge in [-0.05, 0) is 18.8 Å². The predicted molar refractivity (Wildman–Crippen MR) is 66.5 cm³/mol. The lowest BCUT2D eigenvalue weighted by Gasteiger charge is -2.18. The van der Waals surface area contributed by atoms with Crippen LogP contribution in [0.1, 0.15) is 33.1 Å². The minimum Gasteiger partial charge on any atom is -0.476 e. The van der Waals surface area contributed by atoms with Crippen molar-refractivity contribution in [3.63, 3.8) is 0 Å². The fourth-order valence-corrected chi connectivity index (χ4v) is 2.30. The number of rotatable bonds is 5. The summed E-state index contributed by atoms with van der Waals surface area (Å²) in [4.78, 5) is 28.2. The molecule has 1 aliphatic rings. The Labute approximate surface area is 108 Å². The van der Waals surface area contributed by atoms with Gasteiger partial charge in [0, 0.05) is 11.9 Å². The van der Waals surface area contributed by atoms with E-state index in [2.05, 4.69) is 10.9 Å². The van der Waals surface area contributed by atoms with Crippen molar-refractivity contribution in [3.05, 3.63) is 16.1 Å². The van der Waals surface area contributed by atoms with E-state index < -0.39 is 5.97 Å². The normalized spacial score (nSPS) is 13.9. The zero-order valence-corrected chi connectivity index (χ0v) is 10.4. The summed E-state index contributed by atoms with van der Waals surface area (Å²) in [5.74, 6) is 1.57.